The third-order valence-corrected chi connectivity index (χ3v) is 4.34. The molecule has 0 radical (unpaired) electrons. The Morgan fingerprint density at radius 3 is 2.87 bits per heavy atom. The second-order valence-electron chi connectivity index (χ2n) is 5.75. The third kappa shape index (κ3) is 3.04. The molecule has 1 N–H and O–H groups in total. The summed E-state index contributed by atoms with van der Waals surface area (Å²) in [5.74, 6) is 0.674. The number of para-hydroxylation sites is 2. The number of urea groups is 1. The van der Waals surface area contributed by atoms with Crippen molar-refractivity contribution >= 4 is 11.7 Å². The molecule has 1 aliphatic heterocycles. The van der Waals surface area contributed by atoms with Crippen LogP contribution in [-0.4, -0.2) is 29.2 Å². The lowest BCUT2D eigenvalue weighted by atomic mass is 10.0. The highest BCUT2D eigenvalue weighted by atomic mass is 16.5. The molecule has 0 saturated carbocycles. The number of nitrogens with zero attached hydrogens (tertiary/aromatic N) is 2. The molecule has 5 heteroatoms. The number of ether oxygens (including phenoxy) is 1. The van der Waals surface area contributed by atoms with Crippen molar-refractivity contribution in [3.63, 3.8) is 0 Å². The van der Waals surface area contributed by atoms with Crippen LogP contribution in [0.4, 0.5) is 10.5 Å². The topological polar surface area (TPSA) is 46.5 Å². The molecule has 2 amide bonds. The lowest BCUT2D eigenvalue weighted by molar-refractivity contribution is 0.163. The SMILES string of the molecule is CCCC1c2cccn2CCN1C(=O)Nc1ccccc1OC. The summed E-state index contributed by atoms with van der Waals surface area (Å²) in [4.78, 5) is 14.7. The minimum absolute atomic E-state index is 0.0691. The summed E-state index contributed by atoms with van der Waals surface area (Å²) in [6.45, 7) is 3.70. The fraction of sp³-hybridized carbons (Fsp3) is 0.389. The van der Waals surface area contributed by atoms with Crippen LogP contribution in [0.15, 0.2) is 42.6 Å². The molecule has 1 aromatic heterocycles. The molecule has 5 nitrogen and oxygen atoms in total. The molecule has 1 aromatic carbocycles. The van der Waals surface area contributed by atoms with Gasteiger partial charge in [-0.15, -0.1) is 0 Å². The first-order valence-electron chi connectivity index (χ1n) is 8.10. The zero-order chi connectivity index (χ0) is 16.2. The van der Waals surface area contributed by atoms with Gasteiger partial charge >= 0.3 is 6.03 Å². The van der Waals surface area contributed by atoms with Gasteiger partial charge in [0.05, 0.1) is 18.8 Å². The van der Waals surface area contributed by atoms with Gasteiger partial charge in [0.15, 0.2) is 0 Å². The lowest BCUT2D eigenvalue weighted by Crippen LogP contribution is -2.44. The Bertz CT molecular complexity index is 680. The first-order valence-corrected chi connectivity index (χ1v) is 8.10. The van der Waals surface area contributed by atoms with Crippen LogP contribution in [0.1, 0.15) is 31.5 Å². The van der Waals surface area contributed by atoms with Crippen LogP contribution in [0, 0.1) is 0 Å². The molecule has 1 aliphatic rings. The van der Waals surface area contributed by atoms with E-state index in [1.54, 1.807) is 7.11 Å². The van der Waals surface area contributed by atoms with Crippen LogP contribution in [0.3, 0.4) is 0 Å². The number of anilines is 1. The Kier molecular flexibility index (Phi) is 4.55. The van der Waals surface area contributed by atoms with E-state index in [-0.39, 0.29) is 12.1 Å². The average Bonchev–Trinajstić information content (AvgIpc) is 3.05. The van der Waals surface area contributed by atoms with Gasteiger partial charge in [-0.25, -0.2) is 4.79 Å². The number of fused-ring (bicyclic) bond motifs is 1. The predicted octanol–water partition coefficient (Wildman–Crippen LogP) is 3.89. The highest BCUT2D eigenvalue weighted by Crippen LogP contribution is 2.31. The summed E-state index contributed by atoms with van der Waals surface area (Å²) in [7, 11) is 1.61. The van der Waals surface area contributed by atoms with Gasteiger partial charge in [0, 0.05) is 25.0 Å². The van der Waals surface area contributed by atoms with Crippen molar-refractivity contribution in [2.45, 2.75) is 32.4 Å². The Hall–Kier alpha value is -2.43. The second kappa shape index (κ2) is 6.77. The smallest absolute Gasteiger partial charge is 0.322 e. The van der Waals surface area contributed by atoms with Crippen molar-refractivity contribution in [1.29, 1.82) is 0 Å². The Morgan fingerprint density at radius 2 is 2.09 bits per heavy atom. The maximum absolute atomic E-state index is 12.8. The molecule has 3 rings (SSSR count). The van der Waals surface area contributed by atoms with Gasteiger partial charge in [0.2, 0.25) is 0 Å². The monoisotopic (exact) mass is 313 g/mol. The fourth-order valence-electron chi connectivity index (χ4n) is 3.22. The summed E-state index contributed by atoms with van der Waals surface area (Å²) in [6, 6.07) is 11.7. The van der Waals surface area contributed by atoms with Gasteiger partial charge in [0.1, 0.15) is 5.75 Å². The van der Waals surface area contributed by atoms with E-state index in [2.05, 4.69) is 35.1 Å². The lowest BCUT2D eigenvalue weighted by Gasteiger charge is -2.37. The van der Waals surface area contributed by atoms with E-state index in [9.17, 15) is 4.79 Å². The van der Waals surface area contributed by atoms with Crippen LogP contribution in [-0.2, 0) is 6.54 Å². The zero-order valence-electron chi connectivity index (χ0n) is 13.7. The third-order valence-electron chi connectivity index (χ3n) is 4.34. The first kappa shape index (κ1) is 15.5. The van der Waals surface area contributed by atoms with Crippen LogP contribution in [0.2, 0.25) is 0 Å². The van der Waals surface area contributed by atoms with Gasteiger partial charge in [0.25, 0.3) is 0 Å². The van der Waals surface area contributed by atoms with E-state index in [0.29, 0.717) is 18.0 Å². The maximum Gasteiger partial charge on any atom is 0.322 e. The molecule has 2 heterocycles. The maximum atomic E-state index is 12.8. The van der Waals surface area contributed by atoms with E-state index in [0.717, 1.165) is 19.4 Å². The van der Waals surface area contributed by atoms with Crippen molar-refractivity contribution in [1.82, 2.24) is 9.47 Å². The average molecular weight is 313 g/mol. The normalized spacial score (nSPS) is 16.8. The van der Waals surface area contributed by atoms with E-state index in [4.69, 9.17) is 4.74 Å². The van der Waals surface area contributed by atoms with E-state index in [1.165, 1.54) is 5.69 Å². The molecule has 1 unspecified atom stereocenters. The van der Waals surface area contributed by atoms with Crippen LogP contribution < -0.4 is 10.1 Å². The number of carbonyl (C=O) groups is 1. The molecule has 0 aliphatic carbocycles. The van der Waals surface area contributed by atoms with Crippen molar-refractivity contribution in [2.75, 3.05) is 19.0 Å². The van der Waals surface area contributed by atoms with Gasteiger partial charge < -0.3 is 19.5 Å². The molecular formula is C18H23N3O2. The van der Waals surface area contributed by atoms with Gasteiger partial charge in [-0.3, -0.25) is 0 Å². The summed E-state index contributed by atoms with van der Waals surface area (Å²) in [6.07, 6.45) is 4.09. The van der Waals surface area contributed by atoms with E-state index >= 15 is 0 Å². The molecule has 0 fully saturated rings. The number of benzene rings is 1. The van der Waals surface area contributed by atoms with Crippen molar-refractivity contribution < 1.29 is 9.53 Å². The molecule has 2 aromatic rings. The number of amides is 2. The Labute approximate surface area is 136 Å². The number of methoxy groups -OCH3 is 1. The highest BCUT2D eigenvalue weighted by molar-refractivity contribution is 5.91. The number of rotatable bonds is 4. The fourth-order valence-corrected chi connectivity index (χ4v) is 3.22. The van der Waals surface area contributed by atoms with E-state index in [1.807, 2.05) is 29.2 Å². The van der Waals surface area contributed by atoms with Crippen molar-refractivity contribution in [3.8, 4) is 5.75 Å². The number of hydrogen-bond acceptors (Lipinski definition) is 2. The summed E-state index contributed by atoms with van der Waals surface area (Å²) >= 11 is 0. The molecule has 122 valence electrons. The van der Waals surface area contributed by atoms with Crippen molar-refractivity contribution in [2.24, 2.45) is 0 Å². The standard InChI is InChI=1S/C18H23N3O2/c1-3-7-16-15-9-6-11-20(15)12-13-21(16)18(22)19-14-8-4-5-10-17(14)23-2/h4-6,8-11,16H,3,7,12-13H2,1-2H3,(H,19,22). The summed E-state index contributed by atoms with van der Waals surface area (Å²) < 4.78 is 7.56. The van der Waals surface area contributed by atoms with Gasteiger partial charge in [-0.1, -0.05) is 25.5 Å². The molecule has 1 atom stereocenters. The highest BCUT2D eigenvalue weighted by Gasteiger charge is 2.30. The second-order valence-corrected chi connectivity index (χ2v) is 5.75. The van der Waals surface area contributed by atoms with Crippen molar-refractivity contribution in [3.05, 3.63) is 48.3 Å². The largest absolute Gasteiger partial charge is 0.495 e. The number of carbonyl (C=O) groups excluding carboxylic acids is 1. The van der Waals surface area contributed by atoms with Crippen LogP contribution in [0.25, 0.3) is 0 Å². The molecule has 23 heavy (non-hydrogen) atoms. The van der Waals surface area contributed by atoms with Crippen LogP contribution in [0.5, 0.6) is 5.75 Å². The molecule has 0 saturated heterocycles. The molecule has 0 spiro atoms. The Balaban J connectivity index is 1.81. The predicted molar refractivity (Wildman–Crippen MR) is 90.8 cm³/mol. The van der Waals surface area contributed by atoms with Gasteiger partial charge in [-0.2, -0.15) is 0 Å². The minimum Gasteiger partial charge on any atom is -0.495 e. The molecular weight excluding hydrogens is 290 g/mol. The summed E-state index contributed by atoms with van der Waals surface area (Å²) in [5.41, 5.74) is 1.92. The number of hydrogen-bond donors (Lipinski definition) is 1. The van der Waals surface area contributed by atoms with Gasteiger partial charge in [-0.05, 0) is 30.7 Å². The number of aromatic nitrogens is 1. The summed E-state index contributed by atoms with van der Waals surface area (Å²) in [5, 5.41) is 3.00. The zero-order valence-corrected chi connectivity index (χ0v) is 13.7. The van der Waals surface area contributed by atoms with Crippen LogP contribution >= 0.6 is 0 Å². The first-order chi connectivity index (χ1) is 11.2. The van der Waals surface area contributed by atoms with E-state index < -0.39 is 0 Å². The minimum atomic E-state index is -0.0691. The Morgan fingerprint density at radius 1 is 1.26 bits per heavy atom. The number of nitrogens with one attached hydrogen (secondary N) is 1. The quantitative estimate of drug-likeness (QED) is 0.931. The molecule has 0 bridgehead atoms.